The molecule has 2 aliphatic heterocycles. The van der Waals surface area contributed by atoms with E-state index < -0.39 is 22.1 Å². The van der Waals surface area contributed by atoms with E-state index in [0.717, 1.165) is 53.8 Å². The lowest BCUT2D eigenvalue weighted by atomic mass is 10.1. The van der Waals surface area contributed by atoms with Crippen LogP contribution in [-0.2, 0) is 19.6 Å². The first kappa shape index (κ1) is 21.5. The van der Waals surface area contributed by atoms with Gasteiger partial charge in [0.2, 0.25) is 11.8 Å². The molecule has 2 saturated heterocycles. The summed E-state index contributed by atoms with van der Waals surface area (Å²) in [6.45, 7) is 3.52. The molecule has 3 heterocycles. The van der Waals surface area contributed by atoms with Crippen LogP contribution in [0.15, 0.2) is 28.5 Å². The molecule has 0 saturated carbocycles. The van der Waals surface area contributed by atoms with Crippen LogP contribution < -0.4 is 4.72 Å². The molecule has 162 valence electrons. The van der Waals surface area contributed by atoms with Crippen LogP contribution >= 0.6 is 22.9 Å². The Morgan fingerprint density at radius 2 is 1.93 bits per heavy atom. The molecule has 2 amide bonds. The summed E-state index contributed by atoms with van der Waals surface area (Å²) in [5.74, 6) is -0.409. The van der Waals surface area contributed by atoms with Crippen LogP contribution in [0.5, 0.6) is 0 Å². The lowest BCUT2D eigenvalue weighted by Crippen LogP contribution is -2.51. The maximum absolute atomic E-state index is 12.9. The van der Waals surface area contributed by atoms with E-state index in [4.69, 9.17) is 11.6 Å². The molecule has 2 fully saturated rings. The topological polar surface area (TPSA) is 86.8 Å². The highest BCUT2D eigenvalue weighted by Gasteiger charge is 2.40. The summed E-state index contributed by atoms with van der Waals surface area (Å²) in [5.41, 5.74) is 0. The minimum Gasteiger partial charge on any atom is -0.341 e. The molecule has 0 bridgehead atoms. The predicted molar refractivity (Wildman–Crippen MR) is 117 cm³/mol. The number of rotatable bonds is 5. The normalized spacial score (nSPS) is 21.4. The van der Waals surface area contributed by atoms with Gasteiger partial charge in [-0.05, 0) is 62.3 Å². The molecule has 1 aromatic heterocycles. The van der Waals surface area contributed by atoms with Crippen LogP contribution in [0, 0.1) is 0 Å². The molecule has 2 aromatic rings. The monoisotopic (exact) mass is 469 g/mol. The number of amides is 2. The van der Waals surface area contributed by atoms with E-state index >= 15 is 0 Å². The van der Waals surface area contributed by atoms with Crippen molar-refractivity contribution in [1.82, 2.24) is 14.5 Å². The smallest absolute Gasteiger partial charge is 0.250 e. The fraction of sp³-hybridized carbons (Fsp3) is 0.500. The molecule has 7 nitrogen and oxygen atoms in total. The number of carbonyl (C=O) groups excluding carboxylic acids is 2. The molecule has 0 spiro atoms. The number of benzene rings is 1. The average molecular weight is 470 g/mol. The Labute approximate surface area is 185 Å². The number of halogens is 1. The van der Waals surface area contributed by atoms with Crippen LogP contribution in [0.4, 0.5) is 0 Å². The number of thiophene rings is 1. The Bertz CT molecular complexity index is 1080. The summed E-state index contributed by atoms with van der Waals surface area (Å²) in [5, 5.41) is 1.28. The highest BCUT2D eigenvalue weighted by molar-refractivity contribution is 7.91. The van der Waals surface area contributed by atoms with Crippen LogP contribution in [-0.4, -0.2) is 61.7 Å². The second-order valence-corrected chi connectivity index (χ2v) is 11.3. The number of carbonyl (C=O) groups is 2. The van der Waals surface area contributed by atoms with Gasteiger partial charge in [0.1, 0.15) is 16.3 Å². The first-order valence-electron chi connectivity index (χ1n) is 10.1. The van der Waals surface area contributed by atoms with Crippen LogP contribution in [0.1, 0.15) is 32.6 Å². The van der Waals surface area contributed by atoms with Crippen molar-refractivity contribution < 1.29 is 18.0 Å². The molecular formula is C20H24ClN3O4S2. The van der Waals surface area contributed by atoms with E-state index in [1.165, 1.54) is 4.90 Å². The third-order valence-electron chi connectivity index (χ3n) is 5.75. The number of hydrogen-bond donors (Lipinski definition) is 1. The van der Waals surface area contributed by atoms with Gasteiger partial charge in [0.05, 0.1) is 0 Å². The van der Waals surface area contributed by atoms with Crippen molar-refractivity contribution >= 4 is 54.9 Å². The van der Waals surface area contributed by atoms with Crippen molar-refractivity contribution in [2.24, 2.45) is 0 Å². The van der Waals surface area contributed by atoms with E-state index in [0.29, 0.717) is 18.0 Å². The maximum Gasteiger partial charge on any atom is 0.250 e. The maximum atomic E-state index is 12.9. The molecule has 0 unspecified atom stereocenters. The van der Waals surface area contributed by atoms with Crippen molar-refractivity contribution in [2.75, 3.05) is 19.6 Å². The number of fused-ring (bicyclic) bond motifs is 1. The number of nitrogens with zero attached hydrogens (tertiary/aromatic N) is 2. The summed E-state index contributed by atoms with van der Waals surface area (Å²) in [6.07, 6.45) is 3.42. The Morgan fingerprint density at radius 1 is 1.20 bits per heavy atom. The number of likely N-dealkylation sites (tertiary alicyclic amines) is 2. The highest BCUT2D eigenvalue weighted by atomic mass is 35.5. The van der Waals surface area contributed by atoms with E-state index in [2.05, 4.69) is 4.72 Å². The predicted octanol–water partition coefficient (Wildman–Crippen LogP) is 2.83. The highest BCUT2D eigenvalue weighted by Crippen LogP contribution is 2.31. The quantitative estimate of drug-likeness (QED) is 0.729. The molecule has 0 aliphatic carbocycles. The number of sulfonamides is 1. The fourth-order valence-corrected chi connectivity index (χ4v) is 6.87. The third kappa shape index (κ3) is 4.21. The first-order valence-corrected chi connectivity index (χ1v) is 12.7. The average Bonchev–Trinajstić information content (AvgIpc) is 3.31. The molecule has 30 heavy (non-hydrogen) atoms. The van der Waals surface area contributed by atoms with Crippen molar-refractivity contribution in [1.29, 1.82) is 0 Å². The lowest BCUT2D eigenvalue weighted by Gasteiger charge is -2.32. The second kappa shape index (κ2) is 8.45. The molecule has 0 radical (unpaired) electrons. The minimum absolute atomic E-state index is 0.0621. The summed E-state index contributed by atoms with van der Waals surface area (Å²) < 4.78 is 29.2. The SMILES string of the molecule is C[C@@H](C(=O)N1CCCCC1)N1CC[C@@H](NS(=O)(=O)c2cc3cc(Cl)ccc3s2)C1=O. The molecular weight excluding hydrogens is 446 g/mol. The zero-order valence-corrected chi connectivity index (χ0v) is 19.0. The minimum atomic E-state index is -3.86. The summed E-state index contributed by atoms with van der Waals surface area (Å²) >= 11 is 7.12. The summed E-state index contributed by atoms with van der Waals surface area (Å²) in [6, 6.07) is 5.31. The number of piperidine rings is 1. The summed E-state index contributed by atoms with van der Waals surface area (Å²) in [7, 11) is -3.86. The molecule has 1 aromatic carbocycles. The fourth-order valence-electron chi connectivity index (χ4n) is 4.08. The van der Waals surface area contributed by atoms with E-state index in [9.17, 15) is 18.0 Å². The molecule has 2 aliphatic rings. The van der Waals surface area contributed by atoms with Gasteiger partial charge in [-0.2, -0.15) is 4.72 Å². The number of nitrogens with one attached hydrogen (secondary N) is 1. The molecule has 4 rings (SSSR count). The third-order valence-corrected chi connectivity index (χ3v) is 9.05. The van der Waals surface area contributed by atoms with Gasteiger partial charge in [0, 0.05) is 29.4 Å². The Morgan fingerprint density at radius 3 is 2.67 bits per heavy atom. The standard InChI is InChI=1S/C20H24ClN3O4S2/c1-13(19(25)23-8-3-2-4-9-23)24-10-7-16(20(24)26)22-30(27,28)18-12-14-11-15(21)5-6-17(14)29-18/h5-6,11-13,16,22H,2-4,7-10H2,1H3/t13-,16+/m0/s1. The Balaban J connectivity index is 1.45. The zero-order valence-electron chi connectivity index (χ0n) is 16.6. The van der Waals surface area contributed by atoms with Crippen molar-refractivity contribution in [2.45, 2.75) is 48.9 Å². The van der Waals surface area contributed by atoms with Gasteiger partial charge < -0.3 is 9.80 Å². The molecule has 2 atom stereocenters. The van der Waals surface area contributed by atoms with Crippen LogP contribution in [0.3, 0.4) is 0 Å². The van der Waals surface area contributed by atoms with Gasteiger partial charge in [0.15, 0.2) is 0 Å². The lowest BCUT2D eigenvalue weighted by molar-refractivity contribution is -0.143. The largest absolute Gasteiger partial charge is 0.341 e. The van der Waals surface area contributed by atoms with Crippen molar-refractivity contribution in [3.05, 3.63) is 29.3 Å². The van der Waals surface area contributed by atoms with Gasteiger partial charge in [-0.3, -0.25) is 9.59 Å². The summed E-state index contributed by atoms with van der Waals surface area (Å²) in [4.78, 5) is 28.9. The number of hydrogen-bond acceptors (Lipinski definition) is 5. The Hall–Kier alpha value is -1.68. The van der Waals surface area contributed by atoms with Crippen LogP contribution in [0.2, 0.25) is 5.02 Å². The first-order chi connectivity index (χ1) is 14.3. The van der Waals surface area contributed by atoms with Gasteiger partial charge in [-0.15, -0.1) is 11.3 Å². The van der Waals surface area contributed by atoms with E-state index in [-0.39, 0.29) is 16.0 Å². The van der Waals surface area contributed by atoms with E-state index in [1.54, 1.807) is 36.1 Å². The molecule has 1 N–H and O–H groups in total. The van der Waals surface area contributed by atoms with Crippen LogP contribution in [0.25, 0.3) is 10.1 Å². The van der Waals surface area contributed by atoms with Gasteiger partial charge >= 0.3 is 0 Å². The molecule has 10 heteroatoms. The Kier molecular flexibility index (Phi) is 6.07. The zero-order chi connectivity index (χ0) is 21.5. The second-order valence-electron chi connectivity index (χ2n) is 7.80. The van der Waals surface area contributed by atoms with E-state index in [1.807, 2.05) is 0 Å². The van der Waals surface area contributed by atoms with Gasteiger partial charge in [-0.1, -0.05) is 11.6 Å². The van der Waals surface area contributed by atoms with Crippen molar-refractivity contribution in [3.63, 3.8) is 0 Å². The van der Waals surface area contributed by atoms with Crippen molar-refractivity contribution in [3.8, 4) is 0 Å². The van der Waals surface area contributed by atoms with Gasteiger partial charge in [0.25, 0.3) is 10.0 Å². The van der Waals surface area contributed by atoms with Gasteiger partial charge in [-0.25, -0.2) is 8.42 Å².